The summed E-state index contributed by atoms with van der Waals surface area (Å²) >= 11 is 0. The lowest BCUT2D eigenvalue weighted by molar-refractivity contribution is -0.385. The molecule has 0 atom stereocenters. The number of ether oxygens (including phenoxy) is 1. The number of carbonyl (C=O) groups excluding carboxylic acids is 1. The zero-order valence-corrected chi connectivity index (χ0v) is 12.8. The molecule has 0 saturated heterocycles. The Bertz CT molecular complexity index is 769. The third-order valence-electron chi connectivity index (χ3n) is 3.18. The predicted molar refractivity (Wildman–Crippen MR) is 88.5 cm³/mol. The molecule has 6 nitrogen and oxygen atoms in total. The number of amides is 1. The molecule has 2 aromatic carbocycles. The number of nitrogens with one attached hydrogen (secondary N) is 1. The average molecular weight is 312 g/mol. The zero-order chi connectivity index (χ0) is 16.8. The maximum atomic E-state index is 11.9. The van der Waals surface area contributed by atoms with Crippen molar-refractivity contribution in [3.63, 3.8) is 0 Å². The first-order valence-corrected chi connectivity index (χ1v) is 6.88. The van der Waals surface area contributed by atoms with Crippen molar-refractivity contribution in [2.75, 3.05) is 12.4 Å². The monoisotopic (exact) mass is 312 g/mol. The van der Waals surface area contributed by atoms with E-state index in [4.69, 9.17) is 4.74 Å². The van der Waals surface area contributed by atoms with Gasteiger partial charge in [-0.2, -0.15) is 0 Å². The van der Waals surface area contributed by atoms with Gasteiger partial charge in [-0.3, -0.25) is 14.9 Å². The van der Waals surface area contributed by atoms with Crippen LogP contribution in [0.1, 0.15) is 11.1 Å². The molecule has 0 spiro atoms. The van der Waals surface area contributed by atoms with E-state index in [1.54, 1.807) is 32.2 Å². The number of nitro benzene ring substituents is 1. The zero-order valence-electron chi connectivity index (χ0n) is 12.8. The molecule has 0 aliphatic carbocycles. The summed E-state index contributed by atoms with van der Waals surface area (Å²) in [6, 6.07) is 11.7. The van der Waals surface area contributed by atoms with Crippen LogP contribution in [0, 0.1) is 17.0 Å². The topological polar surface area (TPSA) is 81.5 Å². The van der Waals surface area contributed by atoms with Crippen LogP contribution in [0.25, 0.3) is 6.08 Å². The van der Waals surface area contributed by atoms with E-state index < -0.39 is 4.92 Å². The van der Waals surface area contributed by atoms with Crippen molar-refractivity contribution in [2.45, 2.75) is 6.92 Å². The highest BCUT2D eigenvalue weighted by atomic mass is 16.6. The quantitative estimate of drug-likeness (QED) is 0.520. The van der Waals surface area contributed by atoms with Gasteiger partial charge in [0.15, 0.2) is 0 Å². The Kier molecular flexibility index (Phi) is 5.09. The van der Waals surface area contributed by atoms with Gasteiger partial charge < -0.3 is 10.1 Å². The standard InChI is InChI=1S/C17H16N2O4/c1-12-10-14(7-8-16(12)19(21)22)18-17(20)9-6-13-4-3-5-15(11-13)23-2/h3-11H,1-2H3,(H,18,20)/b9-6+. The van der Waals surface area contributed by atoms with Crippen molar-refractivity contribution in [3.8, 4) is 5.75 Å². The Balaban J connectivity index is 2.05. The first-order chi connectivity index (χ1) is 11.0. The minimum Gasteiger partial charge on any atom is -0.497 e. The van der Waals surface area contributed by atoms with Gasteiger partial charge in [-0.25, -0.2) is 0 Å². The van der Waals surface area contributed by atoms with Crippen LogP contribution >= 0.6 is 0 Å². The predicted octanol–water partition coefficient (Wildman–Crippen LogP) is 3.56. The molecule has 118 valence electrons. The molecule has 2 aromatic rings. The smallest absolute Gasteiger partial charge is 0.272 e. The molecule has 1 amide bonds. The summed E-state index contributed by atoms with van der Waals surface area (Å²) in [6.07, 6.45) is 3.06. The highest BCUT2D eigenvalue weighted by Crippen LogP contribution is 2.21. The molecular formula is C17H16N2O4. The third-order valence-corrected chi connectivity index (χ3v) is 3.18. The van der Waals surface area contributed by atoms with Crippen LogP contribution < -0.4 is 10.1 Å². The molecule has 23 heavy (non-hydrogen) atoms. The Morgan fingerprint density at radius 2 is 2.04 bits per heavy atom. The highest BCUT2D eigenvalue weighted by molar-refractivity contribution is 6.02. The van der Waals surface area contributed by atoms with E-state index in [1.807, 2.05) is 18.2 Å². The Morgan fingerprint density at radius 1 is 1.26 bits per heavy atom. The molecule has 0 heterocycles. The average Bonchev–Trinajstić information content (AvgIpc) is 2.53. The summed E-state index contributed by atoms with van der Waals surface area (Å²) < 4.78 is 5.11. The maximum Gasteiger partial charge on any atom is 0.272 e. The molecule has 0 saturated carbocycles. The summed E-state index contributed by atoms with van der Waals surface area (Å²) in [7, 11) is 1.58. The van der Waals surface area contributed by atoms with E-state index in [0.717, 1.165) is 5.56 Å². The van der Waals surface area contributed by atoms with Gasteiger partial charge in [0, 0.05) is 23.4 Å². The summed E-state index contributed by atoms with van der Waals surface area (Å²) in [5, 5.41) is 13.4. The van der Waals surface area contributed by atoms with Crippen molar-refractivity contribution in [3.05, 3.63) is 69.8 Å². The van der Waals surface area contributed by atoms with Crippen LogP contribution in [-0.2, 0) is 4.79 Å². The largest absolute Gasteiger partial charge is 0.497 e. The number of methoxy groups -OCH3 is 1. The second-order valence-corrected chi connectivity index (χ2v) is 4.86. The van der Waals surface area contributed by atoms with Gasteiger partial charge in [0.1, 0.15) is 5.75 Å². The highest BCUT2D eigenvalue weighted by Gasteiger charge is 2.10. The third kappa shape index (κ3) is 4.41. The van der Waals surface area contributed by atoms with Gasteiger partial charge in [-0.05, 0) is 42.8 Å². The van der Waals surface area contributed by atoms with Gasteiger partial charge >= 0.3 is 0 Å². The second kappa shape index (κ2) is 7.22. The van der Waals surface area contributed by atoms with E-state index in [0.29, 0.717) is 17.0 Å². The second-order valence-electron chi connectivity index (χ2n) is 4.86. The number of benzene rings is 2. The number of hydrogen-bond acceptors (Lipinski definition) is 4. The van der Waals surface area contributed by atoms with Crippen molar-refractivity contribution in [1.29, 1.82) is 0 Å². The van der Waals surface area contributed by atoms with Gasteiger partial charge in [0.25, 0.3) is 5.69 Å². The van der Waals surface area contributed by atoms with Crippen LogP contribution in [0.5, 0.6) is 5.75 Å². The number of anilines is 1. The number of aryl methyl sites for hydroxylation is 1. The lowest BCUT2D eigenvalue weighted by Gasteiger charge is -2.04. The minimum atomic E-state index is -0.455. The molecule has 0 unspecified atom stereocenters. The van der Waals surface area contributed by atoms with E-state index in [1.165, 1.54) is 18.2 Å². The first-order valence-electron chi connectivity index (χ1n) is 6.88. The number of hydrogen-bond donors (Lipinski definition) is 1. The summed E-state index contributed by atoms with van der Waals surface area (Å²) in [6.45, 7) is 1.62. The van der Waals surface area contributed by atoms with E-state index in [9.17, 15) is 14.9 Å². The molecule has 6 heteroatoms. The number of rotatable bonds is 5. The van der Waals surface area contributed by atoms with Gasteiger partial charge in [-0.15, -0.1) is 0 Å². The van der Waals surface area contributed by atoms with Crippen LogP contribution in [0.4, 0.5) is 11.4 Å². The molecule has 1 N–H and O–H groups in total. The minimum absolute atomic E-state index is 0.0231. The lowest BCUT2D eigenvalue weighted by atomic mass is 10.1. The van der Waals surface area contributed by atoms with Crippen LogP contribution in [0.2, 0.25) is 0 Å². The molecule has 0 aliphatic rings. The molecular weight excluding hydrogens is 296 g/mol. The van der Waals surface area contributed by atoms with Gasteiger partial charge in [-0.1, -0.05) is 12.1 Å². The Morgan fingerprint density at radius 3 is 2.70 bits per heavy atom. The fourth-order valence-electron chi connectivity index (χ4n) is 2.04. The van der Waals surface area contributed by atoms with Crippen molar-refractivity contribution in [1.82, 2.24) is 0 Å². The molecule has 0 aromatic heterocycles. The number of carbonyl (C=O) groups is 1. The fourth-order valence-corrected chi connectivity index (χ4v) is 2.04. The first kappa shape index (κ1) is 16.2. The van der Waals surface area contributed by atoms with E-state index in [-0.39, 0.29) is 11.6 Å². The maximum absolute atomic E-state index is 11.9. The fraction of sp³-hybridized carbons (Fsp3) is 0.118. The molecule has 0 bridgehead atoms. The van der Waals surface area contributed by atoms with Crippen molar-refractivity contribution in [2.24, 2.45) is 0 Å². The Labute approximate surface area is 133 Å². The van der Waals surface area contributed by atoms with E-state index >= 15 is 0 Å². The SMILES string of the molecule is COc1cccc(/C=C/C(=O)Nc2ccc([N+](=O)[O-])c(C)c2)c1. The van der Waals surface area contributed by atoms with Crippen molar-refractivity contribution < 1.29 is 14.5 Å². The Hall–Kier alpha value is -3.15. The van der Waals surface area contributed by atoms with Gasteiger partial charge in [0.05, 0.1) is 12.0 Å². The van der Waals surface area contributed by atoms with Crippen LogP contribution in [0.3, 0.4) is 0 Å². The number of nitro groups is 1. The number of nitrogens with zero attached hydrogens (tertiary/aromatic N) is 1. The summed E-state index contributed by atoms with van der Waals surface area (Å²) in [5.74, 6) is 0.389. The molecule has 0 radical (unpaired) electrons. The van der Waals surface area contributed by atoms with Crippen LogP contribution in [0.15, 0.2) is 48.5 Å². The van der Waals surface area contributed by atoms with Gasteiger partial charge in [0.2, 0.25) is 5.91 Å². The lowest BCUT2D eigenvalue weighted by Crippen LogP contribution is -2.08. The molecule has 2 rings (SSSR count). The van der Waals surface area contributed by atoms with Crippen molar-refractivity contribution >= 4 is 23.4 Å². The summed E-state index contributed by atoms with van der Waals surface area (Å²) in [5.41, 5.74) is 1.85. The van der Waals surface area contributed by atoms with Crippen LogP contribution in [-0.4, -0.2) is 17.9 Å². The van der Waals surface area contributed by atoms with E-state index in [2.05, 4.69) is 5.32 Å². The normalized spacial score (nSPS) is 10.5. The molecule has 0 fully saturated rings. The summed E-state index contributed by atoms with van der Waals surface area (Å²) in [4.78, 5) is 22.2. The molecule has 0 aliphatic heterocycles.